The number of rotatable bonds is 5. The van der Waals surface area contributed by atoms with Crippen LogP contribution in [0.15, 0.2) is 22.8 Å². The zero-order valence-corrected chi connectivity index (χ0v) is 13.4. The minimum absolute atomic E-state index is 0.0915. The van der Waals surface area contributed by atoms with Gasteiger partial charge in [-0.15, -0.1) is 15.0 Å². The van der Waals surface area contributed by atoms with Gasteiger partial charge in [-0.1, -0.05) is 0 Å². The van der Waals surface area contributed by atoms with Gasteiger partial charge in [0.05, 0.1) is 12.1 Å². The number of hydrogen-bond acceptors (Lipinski definition) is 5. The van der Waals surface area contributed by atoms with E-state index in [4.69, 9.17) is 5.11 Å². The number of benzene rings is 1. The Bertz CT molecular complexity index is 824. The average molecular weight is 403 g/mol. The first-order valence-electron chi connectivity index (χ1n) is 6.42. The Hall–Kier alpha value is -2.69. The summed E-state index contributed by atoms with van der Waals surface area (Å²) in [4.78, 5) is 34.8. The molecular formula is C13H9BrF2N4O4. The normalized spacial score (nSPS) is 10.5. The first-order chi connectivity index (χ1) is 11.3. The topological polar surface area (TPSA) is 114 Å². The van der Waals surface area contributed by atoms with Gasteiger partial charge in [-0.3, -0.25) is 14.4 Å². The van der Waals surface area contributed by atoms with Crippen LogP contribution in [0, 0.1) is 11.6 Å². The second kappa shape index (κ2) is 7.25. The zero-order chi connectivity index (χ0) is 17.9. The molecule has 126 valence electrons. The Morgan fingerprint density at radius 2 is 1.92 bits per heavy atom. The van der Waals surface area contributed by atoms with Gasteiger partial charge in [0.1, 0.15) is 11.6 Å². The second-order valence-electron chi connectivity index (χ2n) is 4.49. The van der Waals surface area contributed by atoms with Gasteiger partial charge in [0.2, 0.25) is 0 Å². The molecular weight excluding hydrogens is 394 g/mol. The fraction of sp³-hybridized carbons (Fsp3) is 0.154. The van der Waals surface area contributed by atoms with E-state index in [0.29, 0.717) is 10.9 Å². The molecule has 0 saturated heterocycles. The lowest BCUT2D eigenvalue weighted by Crippen LogP contribution is -2.18. The number of nitrogens with one attached hydrogen (secondary N) is 1. The third-order valence-corrected chi connectivity index (χ3v) is 3.28. The van der Waals surface area contributed by atoms with Crippen molar-refractivity contribution in [1.82, 2.24) is 15.0 Å². The Labute approximate surface area is 141 Å². The first-order valence-corrected chi connectivity index (χ1v) is 7.21. The molecule has 0 radical (unpaired) electrons. The summed E-state index contributed by atoms with van der Waals surface area (Å²) in [6.07, 6.45) is -0.773. The number of carboxylic acid groups (broad SMARTS) is 1. The van der Waals surface area contributed by atoms with Crippen LogP contribution in [0.1, 0.15) is 28.1 Å². The molecule has 0 aliphatic carbocycles. The summed E-state index contributed by atoms with van der Waals surface area (Å²) in [5.41, 5.74) is -0.595. The predicted octanol–water partition coefficient (Wildman–Crippen LogP) is 2.08. The number of carbonyl (C=O) groups excluding carboxylic acids is 2. The summed E-state index contributed by atoms with van der Waals surface area (Å²) in [5.74, 6) is -4.57. The summed E-state index contributed by atoms with van der Waals surface area (Å²) in [7, 11) is 0. The molecule has 1 amide bonds. The molecule has 0 atom stereocenters. The summed E-state index contributed by atoms with van der Waals surface area (Å²) < 4.78 is 26.3. The molecule has 8 nitrogen and oxygen atoms in total. The largest absolute Gasteiger partial charge is 0.481 e. The van der Waals surface area contributed by atoms with Crippen LogP contribution in [0.2, 0.25) is 0 Å². The minimum Gasteiger partial charge on any atom is -0.481 e. The van der Waals surface area contributed by atoms with Crippen molar-refractivity contribution in [3.8, 4) is 0 Å². The molecule has 0 saturated carbocycles. The molecule has 1 heterocycles. The van der Waals surface area contributed by atoms with E-state index in [1.165, 1.54) is 0 Å². The minimum atomic E-state index is -1.17. The van der Waals surface area contributed by atoms with Gasteiger partial charge in [-0.2, -0.15) is 0 Å². The van der Waals surface area contributed by atoms with Gasteiger partial charge in [-0.25, -0.2) is 8.78 Å². The van der Waals surface area contributed by atoms with Gasteiger partial charge in [0.25, 0.3) is 11.8 Å². The van der Waals surface area contributed by atoms with Crippen molar-refractivity contribution in [2.75, 3.05) is 5.32 Å². The molecule has 2 N–H and O–H groups in total. The maximum Gasteiger partial charge on any atom is 0.303 e. The van der Waals surface area contributed by atoms with Crippen LogP contribution in [0.4, 0.5) is 14.5 Å². The average Bonchev–Trinajstić information content (AvgIpc) is 2.89. The molecule has 0 unspecified atom stereocenters. The number of nitrogens with zero attached hydrogens (tertiary/aromatic N) is 3. The highest BCUT2D eigenvalue weighted by molar-refractivity contribution is 9.10. The van der Waals surface area contributed by atoms with Gasteiger partial charge in [-0.05, 0) is 28.1 Å². The van der Waals surface area contributed by atoms with Crippen LogP contribution in [0.3, 0.4) is 0 Å². The van der Waals surface area contributed by atoms with Crippen LogP contribution in [-0.2, 0) is 4.79 Å². The van der Waals surface area contributed by atoms with E-state index in [9.17, 15) is 23.2 Å². The fourth-order valence-electron chi connectivity index (χ4n) is 1.63. The number of anilines is 1. The highest BCUT2D eigenvalue weighted by Crippen LogP contribution is 2.18. The Balaban J connectivity index is 2.15. The van der Waals surface area contributed by atoms with E-state index >= 15 is 0 Å². The first kappa shape index (κ1) is 17.7. The molecule has 0 aliphatic heterocycles. The van der Waals surface area contributed by atoms with Crippen molar-refractivity contribution < 1.29 is 28.3 Å². The molecule has 0 aliphatic rings. The van der Waals surface area contributed by atoms with Crippen molar-refractivity contribution in [2.45, 2.75) is 12.8 Å². The molecule has 1 aromatic heterocycles. The van der Waals surface area contributed by atoms with Crippen molar-refractivity contribution >= 4 is 39.4 Å². The number of halogens is 3. The third kappa shape index (κ3) is 4.19. The Morgan fingerprint density at radius 1 is 1.21 bits per heavy atom. The molecule has 2 aromatic rings. The number of hydrogen-bond donors (Lipinski definition) is 2. The highest BCUT2D eigenvalue weighted by atomic mass is 79.9. The van der Waals surface area contributed by atoms with Crippen LogP contribution in [-0.4, -0.2) is 37.9 Å². The fourth-order valence-corrected chi connectivity index (χ4v) is 2.04. The zero-order valence-electron chi connectivity index (χ0n) is 11.8. The van der Waals surface area contributed by atoms with E-state index in [2.05, 4.69) is 31.4 Å². The van der Waals surface area contributed by atoms with Gasteiger partial charge in [0, 0.05) is 12.5 Å². The number of aliphatic carboxylic acids is 1. The SMILES string of the molecule is O=C(O)CCC(=O)n1nc(Br)c(C(=O)Nc2ccc(F)cc2F)n1. The van der Waals surface area contributed by atoms with Crippen LogP contribution in [0.25, 0.3) is 0 Å². The molecule has 0 bridgehead atoms. The van der Waals surface area contributed by atoms with Crippen LogP contribution in [0.5, 0.6) is 0 Å². The lowest BCUT2D eigenvalue weighted by molar-refractivity contribution is -0.137. The van der Waals surface area contributed by atoms with Gasteiger partial charge < -0.3 is 10.4 Å². The summed E-state index contributed by atoms with van der Waals surface area (Å²) in [6, 6.07) is 2.58. The molecule has 0 spiro atoms. The molecule has 0 fully saturated rings. The summed E-state index contributed by atoms with van der Waals surface area (Å²) in [6.45, 7) is 0. The second-order valence-corrected chi connectivity index (χ2v) is 5.25. The van der Waals surface area contributed by atoms with E-state index < -0.39 is 35.8 Å². The number of carbonyl (C=O) groups is 3. The Kier molecular flexibility index (Phi) is 5.34. The molecule has 24 heavy (non-hydrogen) atoms. The smallest absolute Gasteiger partial charge is 0.303 e. The third-order valence-electron chi connectivity index (χ3n) is 2.74. The molecule has 11 heteroatoms. The highest BCUT2D eigenvalue weighted by Gasteiger charge is 2.21. The van der Waals surface area contributed by atoms with Crippen LogP contribution < -0.4 is 5.32 Å². The van der Waals surface area contributed by atoms with E-state index in [1.807, 2.05) is 0 Å². The van der Waals surface area contributed by atoms with Gasteiger partial charge in [0.15, 0.2) is 10.3 Å². The lowest BCUT2D eigenvalue weighted by atomic mass is 10.3. The predicted molar refractivity (Wildman–Crippen MR) is 79.5 cm³/mol. The van der Waals surface area contributed by atoms with E-state index in [1.54, 1.807) is 0 Å². The maximum absolute atomic E-state index is 13.5. The van der Waals surface area contributed by atoms with Crippen molar-refractivity contribution in [2.24, 2.45) is 0 Å². The van der Waals surface area contributed by atoms with E-state index in [0.717, 1.165) is 12.1 Å². The van der Waals surface area contributed by atoms with Crippen molar-refractivity contribution in [3.63, 3.8) is 0 Å². The van der Waals surface area contributed by atoms with Crippen molar-refractivity contribution in [3.05, 3.63) is 40.1 Å². The number of carboxylic acids is 1. The number of amides is 1. The van der Waals surface area contributed by atoms with E-state index in [-0.39, 0.29) is 22.4 Å². The summed E-state index contributed by atoms with van der Waals surface area (Å²) in [5, 5.41) is 18.0. The molecule has 2 rings (SSSR count). The molecule has 1 aromatic carbocycles. The summed E-state index contributed by atoms with van der Waals surface area (Å²) >= 11 is 2.93. The monoisotopic (exact) mass is 402 g/mol. The Morgan fingerprint density at radius 3 is 2.54 bits per heavy atom. The van der Waals surface area contributed by atoms with Crippen LogP contribution >= 0.6 is 15.9 Å². The lowest BCUT2D eigenvalue weighted by Gasteiger charge is -2.04. The van der Waals surface area contributed by atoms with Gasteiger partial charge >= 0.3 is 5.97 Å². The maximum atomic E-state index is 13.5. The number of aromatic nitrogens is 3. The van der Waals surface area contributed by atoms with Crippen molar-refractivity contribution in [1.29, 1.82) is 0 Å². The quantitative estimate of drug-likeness (QED) is 0.790. The standard InChI is InChI=1S/C13H9BrF2N4O4/c14-12-11(18-20(19-12)9(21)3-4-10(22)23)13(24)17-8-2-1-6(15)5-7(8)16/h1-2,5H,3-4H2,(H,17,24)(H,22,23).